The number of benzene rings is 6. The molecular weight excluding hydrogens is 552 g/mol. The van der Waals surface area contributed by atoms with Crippen LogP contribution in [-0.4, -0.2) is 4.98 Å². The van der Waals surface area contributed by atoms with Crippen molar-refractivity contribution in [3.63, 3.8) is 0 Å². The Morgan fingerprint density at radius 3 is 1.27 bits per heavy atom. The normalized spacial score (nSPS) is 11.6. The van der Waals surface area contributed by atoms with Gasteiger partial charge in [0.1, 0.15) is 22.3 Å². The predicted octanol–water partition coefficient (Wildman–Crippen LogP) is 11.7. The van der Waals surface area contributed by atoms with Gasteiger partial charge in [-0.2, -0.15) is 0 Å². The van der Waals surface area contributed by atoms with Gasteiger partial charge in [0.05, 0.1) is 17.1 Å². The summed E-state index contributed by atoms with van der Waals surface area (Å²) in [5.74, 6) is 0. The number of anilines is 3. The molecule has 3 aromatic heterocycles. The lowest BCUT2D eigenvalue weighted by molar-refractivity contribution is 0.668. The van der Waals surface area contributed by atoms with Crippen LogP contribution < -0.4 is 4.90 Å². The van der Waals surface area contributed by atoms with Crippen molar-refractivity contribution in [1.29, 1.82) is 0 Å². The molecule has 0 aliphatic heterocycles. The maximum atomic E-state index is 6.14. The molecule has 4 nitrogen and oxygen atoms in total. The summed E-state index contributed by atoms with van der Waals surface area (Å²) in [6.07, 6.45) is 0. The van der Waals surface area contributed by atoms with E-state index in [-0.39, 0.29) is 0 Å². The Labute approximate surface area is 259 Å². The van der Waals surface area contributed by atoms with Crippen LogP contribution in [0.5, 0.6) is 0 Å². The zero-order chi connectivity index (χ0) is 29.7. The monoisotopic (exact) mass is 578 g/mol. The lowest BCUT2D eigenvalue weighted by atomic mass is 10.0. The minimum absolute atomic E-state index is 0.865. The highest BCUT2D eigenvalue weighted by Crippen LogP contribution is 2.40. The van der Waals surface area contributed by atoms with Gasteiger partial charge in [0.2, 0.25) is 0 Å². The Balaban J connectivity index is 1.29. The zero-order valence-corrected chi connectivity index (χ0v) is 24.2. The summed E-state index contributed by atoms with van der Waals surface area (Å²) in [7, 11) is 0. The molecule has 6 aromatic carbocycles. The predicted molar refractivity (Wildman–Crippen MR) is 184 cm³/mol. The molecule has 9 aromatic rings. The van der Waals surface area contributed by atoms with E-state index in [0.29, 0.717) is 0 Å². The Morgan fingerprint density at radius 1 is 0.356 bits per heavy atom. The maximum absolute atomic E-state index is 6.14. The average Bonchev–Trinajstić information content (AvgIpc) is 3.67. The molecule has 0 saturated carbocycles. The third-order valence-corrected chi connectivity index (χ3v) is 8.44. The SMILES string of the molecule is c1ccc(N(c2ccccc2)c2cc(-c3ccc4oc5ccccc5c4c3)nc(-c3ccc4oc5ccccc5c4c3)c2)cc1. The molecule has 0 aliphatic rings. The van der Waals surface area contributed by atoms with Gasteiger partial charge < -0.3 is 13.7 Å². The molecule has 0 spiro atoms. The third-order valence-electron chi connectivity index (χ3n) is 8.44. The second-order valence-electron chi connectivity index (χ2n) is 11.2. The number of fused-ring (bicyclic) bond motifs is 6. The van der Waals surface area contributed by atoms with Crippen LogP contribution in [0.25, 0.3) is 66.4 Å². The second kappa shape index (κ2) is 10.2. The molecule has 212 valence electrons. The van der Waals surface area contributed by atoms with Gasteiger partial charge in [-0.3, -0.25) is 0 Å². The smallest absolute Gasteiger partial charge is 0.135 e. The molecule has 0 saturated heterocycles. The van der Waals surface area contributed by atoms with E-state index in [4.69, 9.17) is 13.8 Å². The van der Waals surface area contributed by atoms with E-state index in [0.717, 1.165) is 83.5 Å². The van der Waals surface area contributed by atoms with Crippen molar-refractivity contribution < 1.29 is 8.83 Å². The molecule has 0 radical (unpaired) electrons. The first-order chi connectivity index (χ1) is 22.3. The number of rotatable bonds is 5. The summed E-state index contributed by atoms with van der Waals surface area (Å²) in [4.78, 5) is 7.58. The average molecular weight is 579 g/mol. The Morgan fingerprint density at radius 2 is 0.778 bits per heavy atom. The fourth-order valence-electron chi connectivity index (χ4n) is 6.31. The molecule has 0 bridgehead atoms. The number of para-hydroxylation sites is 4. The number of pyridine rings is 1. The van der Waals surface area contributed by atoms with Crippen LogP contribution in [0.3, 0.4) is 0 Å². The van der Waals surface area contributed by atoms with E-state index >= 15 is 0 Å². The molecule has 0 atom stereocenters. The molecule has 0 fully saturated rings. The molecule has 3 heterocycles. The number of nitrogens with zero attached hydrogens (tertiary/aromatic N) is 2. The number of hydrogen-bond acceptors (Lipinski definition) is 4. The molecule has 0 N–H and O–H groups in total. The minimum Gasteiger partial charge on any atom is -0.456 e. The summed E-state index contributed by atoms with van der Waals surface area (Å²) >= 11 is 0. The van der Waals surface area contributed by atoms with Crippen molar-refractivity contribution in [2.75, 3.05) is 4.90 Å². The van der Waals surface area contributed by atoms with Gasteiger partial charge in [-0.05, 0) is 84.9 Å². The van der Waals surface area contributed by atoms with Crippen LogP contribution in [0.4, 0.5) is 17.1 Å². The highest BCUT2D eigenvalue weighted by molar-refractivity contribution is 6.07. The van der Waals surface area contributed by atoms with E-state index in [1.807, 2.05) is 48.5 Å². The van der Waals surface area contributed by atoms with Crippen LogP contribution >= 0.6 is 0 Å². The van der Waals surface area contributed by atoms with E-state index < -0.39 is 0 Å². The highest BCUT2D eigenvalue weighted by atomic mass is 16.3. The summed E-state index contributed by atoms with van der Waals surface area (Å²) in [6.45, 7) is 0. The van der Waals surface area contributed by atoms with Gasteiger partial charge in [0.25, 0.3) is 0 Å². The first-order valence-corrected chi connectivity index (χ1v) is 15.0. The van der Waals surface area contributed by atoms with Gasteiger partial charge in [0, 0.05) is 44.0 Å². The van der Waals surface area contributed by atoms with Crippen LogP contribution in [0.15, 0.2) is 167 Å². The fourth-order valence-corrected chi connectivity index (χ4v) is 6.31. The van der Waals surface area contributed by atoms with Crippen molar-refractivity contribution >= 4 is 60.9 Å². The largest absolute Gasteiger partial charge is 0.456 e. The van der Waals surface area contributed by atoms with Gasteiger partial charge in [-0.1, -0.05) is 72.8 Å². The van der Waals surface area contributed by atoms with E-state index in [1.165, 1.54) is 0 Å². The highest BCUT2D eigenvalue weighted by Gasteiger charge is 2.18. The Kier molecular flexibility index (Phi) is 5.78. The van der Waals surface area contributed by atoms with Gasteiger partial charge >= 0.3 is 0 Å². The fraction of sp³-hybridized carbons (Fsp3) is 0. The number of hydrogen-bond donors (Lipinski definition) is 0. The van der Waals surface area contributed by atoms with Crippen LogP contribution in [0.2, 0.25) is 0 Å². The van der Waals surface area contributed by atoms with Crippen LogP contribution in [0.1, 0.15) is 0 Å². The molecule has 45 heavy (non-hydrogen) atoms. The second-order valence-corrected chi connectivity index (χ2v) is 11.2. The van der Waals surface area contributed by atoms with Gasteiger partial charge in [0.15, 0.2) is 0 Å². The summed E-state index contributed by atoms with van der Waals surface area (Å²) in [6, 6.07) is 54.3. The number of aromatic nitrogens is 1. The molecule has 4 heteroatoms. The zero-order valence-electron chi connectivity index (χ0n) is 24.2. The van der Waals surface area contributed by atoms with Crippen molar-refractivity contribution in [2.24, 2.45) is 0 Å². The first-order valence-electron chi connectivity index (χ1n) is 15.0. The third kappa shape index (κ3) is 4.35. The maximum Gasteiger partial charge on any atom is 0.135 e. The molecule has 0 aliphatic carbocycles. The van der Waals surface area contributed by atoms with Crippen molar-refractivity contribution in [3.8, 4) is 22.5 Å². The standard InChI is InChI=1S/C41H26N2O2/c1-3-11-29(12-4-1)43(30-13-5-2-6-14-30)31-25-36(27-19-21-40-34(23-27)32-15-7-9-17-38(32)44-40)42-37(26-31)28-20-22-41-35(24-28)33-16-8-10-18-39(33)45-41/h1-26H. The van der Waals surface area contributed by atoms with Gasteiger partial charge in [-0.15, -0.1) is 0 Å². The van der Waals surface area contributed by atoms with E-state index in [2.05, 4.69) is 114 Å². The lowest BCUT2D eigenvalue weighted by Gasteiger charge is -2.26. The molecule has 9 rings (SSSR count). The van der Waals surface area contributed by atoms with E-state index in [9.17, 15) is 0 Å². The van der Waals surface area contributed by atoms with Crippen molar-refractivity contribution in [1.82, 2.24) is 4.98 Å². The quantitative estimate of drug-likeness (QED) is 0.204. The Hall–Kier alpha value is -6.13. The summed E-state index contributed by atoms with van der Waals surface area (Å²) in [5, 5.41) is 4.34. The van der Waals surface area contributed by atoms with E-state index in [1.54, 1.807) is 0 Å². The van der Waals surface area contributed by atoms with Gasteiger partial charge in [-0.25, -0.2) is 4.98 Å². The van der Waals surface area contributed by atoms with Crippen LogP contribution in [0, 0.1) is 0 Å². The van der Waals surface area contributed by atoms with Crippen molar-refractivity contribution in [3.05, 3.63) is 158 Å². The first kappa shape index (κ1) is 25.4. The molecular formula is C41H26N2O2. The topological polar surface area (TPSA) is 42.4 Å². The summed E-state index contributed by atoms with van der Waals surface area (Å²) in [5.41, 5.74) is 10.4. The summed E-state index contributed by atoms with van der Waals surface area (Å²) < 4.78 is 12.3. The minimum atomic E-state index is 0.865. The lowest BCUT2D eigenvalue weighted by Crippen LogP contribution is -2.10. The molecule has 0 amide bonds. The Bertz CT molecular complexity index is 2320. The number of furan rings is 2. The van der Waals surface area contributed by atoms with Crippen molar-refractivity contribution in [2.45, 2.75) is 0 Å². The van der Waals surface area contributed by atoms with Crippen LogP contribution in [-0.2, 0) is 0 Å². The molecule has 0 unspecified atom stereocenters.